The molecule has 2 aromatic rings. The van der Waals surface area contributed by atoms with Gasteiger partial charge in [-0.25, -0.2) is 0 Å². The van der Waals surface area contributed by atoms with Crippen LogP contribution >= 0.6 is 11.6 Å². The maximum atomic E-state index is 12.1. The molecule has 0 spiro atoms. The molecule has 0 saturated heterocycles. The molecule has 0 radical (unpaired) electrons. The second-order valence-electron chi connectivity index (χ2n) is 5.16. The zero-order chi connectivity index (χ0) is 16.1. The Morgan fingerprint density at radius 2 is 1.68 bits per heavy atom. The summed E-state index contributed by atoms with van der Waals surface area (Å²) in [6.07, 6.45) is 0. The number of nitrogens with one attached hydrogen (secondary N) is 2. The number of carbonyl (C=O) groups is 2. The maximum Gasteiger partial charge on any atom is 0.255 e. The van der Waals surface area contributed by atoms with Crippen molar-refractivity contribution in [2.45, 2.75) is 13.8 Å². The lowest BCUT2D eigenvalue weighted by Crippen LogP contribution is -2.18. The second-order valence-corrected chi connectivity index (χ2v) is 5.57. The van der Waals surface area contributed by atoms with E-state index in [0.29, 0.717) is 22.0 Å². The molecule has 0 aromatic heterocycles. The van der Waals surface area contributed by atoms with E-state index in [2.05, 4.69) is 10.6 Å². The van der Waals surface area contributed by atoms with Gasteiger partial charge in [-0.2, -0.15) is 0 Å². The maximum absolute atomic E-state index is 12.1. The van der Waals surface area contributed by atoms with Crippen LogP contribution in [0.25, 0.3) is 0 Å². The summed E-state index contributed by atoms with van der Waals surface area (Å²) in [6.45, 7) is 3.62. The van der Waals surface area contributed by atoms with E-state index in [0.717, 1.165) is 0 Å². The molecular formula is C17H17ClN2O2. The molecule has 0 aliphatic carbocycles. The summed E-state index contributed by atoms with van der Waals surface area (Å²) in [5.74, 6) is -0.435. The normalized spacial score (nSPS) is 10.4. The van der Waals surface area contributed by atoms with E-state index in [1.165, 1.54) is 0 Å². The van der Waals surface area contributed by atoms with Crippen molar-refractivity contribution < 1.29 is 9.59 Å². The van der Waals surface area contributed by atoms with E-state index >= 15 is 0 Å². The van der Waals surface area contributed by atoms with Gasteiger partial charge in [0.25, 0.3) is 5.91 Å². The highest BCUT2D eigenvalue weighted by molar-refractivity contribution is 6.34. The Hall–Kier alpha value is -2.33. The van der Waals surface area contributed by atoms with Crippen LogP contribution in [0.5, 0.6) is 0 Å². The highest BCUT2D eigenvalue weighted by Crippen LogP contribution is 2.26. The molecule has 5 heteroatoms. The molecule has 2 rings (SSSR count). The van der Waals surface area contributed by atoms with Gasteiger partial charge in [0.05, 0.1) is 10.7 Å². The van der Waals surface area contributed by atoms with Crippen molar-refractivity contribution in [1.29, 1.82) is 0 Å². The molecule has 0 unspecified atom stereocenters. The number of hydrogen-bond acceptors (Lipinski definition) is 2. The molecule has 2 aromatic carbocycles. The Morgan fingerprint density at radius 3 is 2.27 bits per heavy atom. The lowest BCUT2D eigenvalue weighted by atomic mass is 10.2. The minimum Gasteiger partial charge on any atom is -0.326 e. The van der Waals surface area contributed by atoms with Crippen LogP contribution in [0, 0.1) is 5.92 Å². The van der Waals surface area contributed by atoms with Crippen LogP contribution in [0.15, 0.2) is 48.5 Å². The zero-order valence-electron chi connectivity index (χ0n) is 12.4. The summed E-state index contributed by atoms with van der Waals surface area (Å²) in [5, 5.41) is 5.87. The third-order valence-electron chi connectivity index (χ3n) is 3.05. The predicted molar refractivity (Wildman–Crippen MR) is 89.3 cm³/mol. The Kier molecular flexibility index (Phi) is 5.17. The van der Waals surface area contributed by atoms with E-state index in [9.17, 15) is 9.59 Å². The Labute approximate surface area is 134 Å². The average molecular weight is 317 g/mol. The second kappa shape index (κ2) is 7.09. The summed E-state index contributed by atoms with van der Waals surface area (Å²) in [7, 11) is 0. The van der Waals surface area contributed by atoms with Crippen molar-refractivity contribution in [2.24, 2.45) is 5.92 Å². The van der Waals surface area contributed by atoms with Gasteiger partial charge in [0.1, 0.15) is 0 Å². The first kappa shape index (κ1) is 16.0. The lowest BCUT2D eigenvalue weighted by Gasteiger charge is -2.11. The largest absolute Gasteiger partial charge is 0.326 e. The number of carbonyl (C=O) groups excluding carboxylic acids is 2. The number of benzene rings is 2. The fourth-order valence-electron chi connectivity index (χ4n) is 1.76. The topological polar surface area (TPSA) is 58.2 Å². The summed E-state index contributed by atoms with van der Waals surface area (Å²) in [4.78, 5) is 23.7. The smallest absolute Gasteiger partial charge is 0.255 e. The Balaban J connectivity index is 2.10. The third-order valence-corrected chi connectivity index (χ3v) is 3.36. The minimum absolute atomic E-state index is 0.0860. The highest BCUT2D eigenvalue weighted by Gasteiger charge is 2.11. The summed E-state index contributed by atoms with van der Waals surface area (Å²) in [5.41, 5.74) is 1.65. The average Bonchev–Trinajstić information content (AvgIpc) is 2.50. The summed E-state index contributed by atoms with van der Waals surface area (Å²) in [6, 6.07) is 13.9. The molecular weight excluding hydrogens is 300 g/mol. The van der Waals surface area contributed by atoms with E-state index in [1.807, 2.05) is 19.9 Å². The summed E-state index contributed by atoms with van der Waals surface area (Å²) < 4.78 is 0. The molecule has 22 heavy (non-hydrogen) atoms. The van der Waals surface area contributed by atoms with Gasteiger partial charge in [-0.15, -0.1) is 0 Å². The molecule has 0 atom stereocenters. The van der Waals surface area contributed by atoms with E-state index in [1.54, 1.807) is 42.5 Å². The third kappa shape index (κ3) is 4.09. The first-order valence-electron chi connectivity index (χ1n) is 6.94. The van der Waals surface area contributed by atoms with Crippen molar-refractivity contribution in [3.05, 3.63) is 59.1 Å². The van der Waals surface area contributed by atoms with Crippen molar-refractivity contribution in [3.63, 3.8) is 0 Å². The van der Waals surface area contributed by atoms with Crippen LogP contribution in [0.1, 0.15) is 24.2 Å². The summed E-state index contributed by atoms with van der Waals surface area (Å²) >= 11 is 6.16. The van der Waals surface area contributed by atoms with Crippen molar-refractivity contribution in [3.8, 4) is 0 Å². The molecule has 0 heterocycles. The van der Waals surface area contributed by atoms with Crippen LogP contribution in [0.2, 0.25) is 5.02 Å². The molecule has 0 bridgehead atoms. The standard InChI is InChI=1S/C17H17ClN2O2/c1-11(2)16(21)19-13-8-9-15(14(18)10-13)20-17(22)12-6-4-3-5-7-12/h3-11H,1-2H3,(H,19,21)(H,20,22). The Bertz CT molecular complexity index is 684. The van der Waals surface area contributed by atoms with Gasteiger partial charge < -0.3 is 10.6 Å². The number of hydrogen-bond donors (Lipinski definition) is 2. The molecule has 4 nitrogen and oxygen atoms in total. The molecule has 0 aliphatic heterocycles. The number of rotatable bonds is 4. The number of anilines is 2. The van der Waals surface area contributed by atoms with Crippen molar-refractivity contribution >= 4 is 34.8 Å². The van der Waals surface area contributed by atoms with Crippen LogP contribution < -0.4 is 10.6 Å². The van der Waals surface area contributed by atoms with Gasteiger partial charge in [-0.05, 0) is 30.3 Å². The van der Waals surface area contributed by atoms with Crippen LogP contribution in [-0.2, 0) is 4.79 Å². The van der Waals surface area contributed by atoms with E-state index in [4.69, 9.17) is 11.6 Å². The minimum atomic E-state index is -0.235. The fraction of sp³-hybridized carbons (Fsp3) is 0.176. The van der Waals surface area contributed by atoms with Crippen LogP contribution in [-0.4, -0.2) is 11.8 Å². The van der Waals surface area contributed by atoms with Crippen LogP contribution in [0.4, 0.5) is 11.4 Å². The molecule has 0 fully saturated rings. The van der Waals surface area contributed by atoms with Crippen molar-refractivity contribution in [2.75, 3.05) is 10.6 Å². The SMILES string of the molecule is CC(C)C(=O)Nc1ccc(NC(=O)c2ccccc2)c(Cl)c1. The predicted octanol–water partition coefficient (Wildman–Crippen LogP) is 4.19. The lowest BCUT2D eigenvalue weighted by molar-refractivity contribution is -0.118. The quantitative estimate of drug-likeness (QED) is 0.888. The number of halogens is 1. The first-order chi connectivity index (χ1) is 10.5. The van der Waals surface area contributed by atoms with Gasteiger partial charge in [0.2, 0.25) is 5.91 Å². The van der Waals surface area contributed by atoms with Crippen molar-refractivity contribution in [1.82, 2.24) is 0 Å². The van der Waals surface area contributed by atoms with Gasteiger partial charge in [0.15, 0.2) is 0 Å². The molecule has 0 aliphatic rings. The molecule has 2 N–H and O–H groups in total. The van der Waals surface area contributed by atoms with Crippen LogP contribution in [0.3, 0.4) is 0 Å². The molecule has 0 saturated carbocycles. The van der Waals surface area contributed by atoms with Gasteiger partial charge in [-0.3, -0.25) is 9.59 Å². The zero-order valence-corrected chi connectivity index (χ0v) is 13.1. The van der Waals surface area contributed by atoms with Gasteiger partial charge in [0, 0.05) is 17.2 Å². The number of amides is 2. The molecule has 114 valence electrons. The van der Waals surface area contributed by atoms with Gasteiger partial charge in [-0.1, -0.05) is 43.6 Å². The molecule has 2 amide bonds. The van der Waals surface area contributed by atoms with Gasteiger partial charge >= 0.3 is 0 Å². The van der Waals surface area contributed by atoms with E-state index < -0.39 is 0 Å². The Morgan fingerprint density at radius 1 is 1.00 bits per heavy atom. The monoisotopic (exact) mass is 316 g/mol. The highest BCUT2D eigenvalue weighted by atomic mass is 35.5. The van der Waals surface area contributed by atoms with E-state index in [-0.39, 0.29) is 17.7 Å². The fourth-order valence-corrected chi connectivity index (χ4v) is 1.99. The first-order valence-corrected chi connectivity index (χ1v) is 7.32.